The lowest BCUT2D eigenvalue weighted by Crippen LogP contribution is -2.34. The van der Waals surface area contributed by atoms with E-state index in [2.05, 4.69) is 23.1 Å². The number of allylic oxidation sites excluding steroid dienone is 2. The van der Waals surface area contributed by atoms with Crippen LogP contribution in [0.25, 0.3) is 0 Å². The first-order valence-corrected chi connectivity index (χ1v) is 11.4. The highest BCUT2D eigenvalue weighted by molar-refractivity contribution is 7.86. The van der Waals surface area contributed by atoms with Crippen LogP contribution >= 0.6 is 0 Å². The van der Waals surface area contributed by atoms with Gasteiger partial charge < -0.3 is 0 Å². The van der Waals surface area contributed by atoms with E-state index in [4.69, 9.17) is 8.98 Å². The van der Waals surface area contributed by atoms with Crippen LogP contribution in [-0.2, 0) is 20.2 Å². The maximum Gasteiger partial charge on any atom is 0.554 e. The second-order valence-corrected chi connectivity index (χ2v) is 9.26. The summed E-state index contributed by atoms with van der Waals surface area (Å²) in [5, 5.41) is 0. The van der Waals surface area contributed by atoms with Crippen molar-refractivity contribution in [3.8, 4) is 0 Å². The van der Waals surface area contributed by atoms with Crippen LogP contribution in [0.3, 0.4) is 0 Å². The molecule has 0 aromatic carbocycles. The molecular weight excluding hydrogens is 396 g/mol. The lowest BCUT2D eigenvalue weighted by Gasteiger charge is -2.26. The fourth-order valence-electron chi connectivity index (χ4n) is 2.88. The molecule has 3 unspecified atom stereocenters. The lowest BCUT2D eigenvalue weighted by molar-refractivity contribution is -0.194. The second kappa shape index (κ2) is 10.0. The van der Waals surface area contributed by atoms with Crippen molar-refractivity contribution in [2.24, 2.45) is 27.7 Å². The monoisotopic (exact) mass is 421 g/mol. The summed E-state index contributed by atoms with van der Waals surface area (Å²) in [5.41, 5.74) is -1.65. The standard InChI is InChI=1S/C16H24N2O7S2/c1-4-13(5-2)12(3)14(8-6-7-11-26(19,20)21)15(27(22,23)24)25-16-17-9-10-18-16/h4-5,9-10,12-15H,1-2,6-8,11H2,3H3,(H-,19,20,21,22,23,24)/p+1. The third kappa shape index (κ3) is 7.83. The van der Waals surface area contributed by atoms with E-state index in [-0.39, 0.29) is 37.1 Å². The number of nitrogens with zero attached hydrogens (tertiary/aromatic N) is 2. The summed E-state index contributed by atoms with van der Waals surface area (Å²) in [5.74, 6) is -1.80. The summed E-state index contributed by atoms with van der Waals surface area (Å²) < 4.78 is 69.6. The van der Waals surface area contributed by atoms with Gasteiger partial charge in [-0.3, -0.25) is 9.11 Å². The highest BCUT2D eigenvalue weighted by atomic mass is 32.2. The van der Waals surface area contributed by atoms with Gasteiger partial charge >= 0.3 is 21.6 Å². The van der Waals surface area contributed by atoms with Gasteiger partial charge in [0.25, 0.3) is 10.1 Å². The number of aliphatic imine (C=N–C) groups is 2. The number of hydrogen-bond acceptors (Lipinski definition) is 4. The molecule has 11 heteroatoms. The van der Waals surface area contributed by atoms with Crippen molar-refractivity contribution in [1.29, 1.82) is 0 Å². The summed E-state index contributed by atoms with van der Waals surface area (Å²) in [6, 6.07) is -0.193. The molecule has 0 fully saturated rings. The SMILES string of the molecule is C=CC(C=C)C(C)C(CCCCS(=O)(=O)O)C([O+]=C1N=CC=N1)S(=O)(=O)O. The normalized spacial score (nSPS) is 17.7. The minimum Gasteiger partial charge on any atom is -0.286 e. The maximum atomic E-state index is 12.0. The maximum absolute atomic E-state index is 12.0. The van der Waals surface area contributed by atoms with Gasteiger partial charge in [0.1, 0.15) is 0 Å². The van der Waals surface area contributed by atoms with Crippen LogP contribution in [0.1, 0.15) is 26.2 Å². The lowest BCUT2D eigenvalue weighted by atomic mass is 9.80. The second-order valence-electron chi connectivity index (χ2n) is 6.19. The Hall–Kier alpha value is -1.69. The number of hydrogen-bond donors (Lipinski definition) is 2. The summed E-state index contributed by atoms with van der Waals surface area (Å²) in [4.78, 5) is 7.53. The minimum atomic E-state index is -4.64. The Morgan fingerprint density at radius 3 is 2.11 bits per heavy atom. The number of carbonyl (C=O) groups excluding carboxylic acids is 1. The third-order valence-electron chi connectivity index (χ3n) is 4.32. The van der Waals surface area contributed by atoms with E-state index in [1.54, 1.807) is 19.1 Å². The molecular formula is C16H25N2O7S2+. The van der Waals surface area contributed by atoms with Crippen molar-refractivity contribution in [2.75, 3.05) is 5.75 Å². The molecule has 1 heterocycles. The van der Waals surface area contributed by atoms with E-state index >= 15 is 0 Å². The molecule has 0 bridgehead atoms. The van der Waals surface area contributed by atoms with E-state index in [9.17, 15) is 21.4 Å². The smallest absolute Gasteiger partial charge is 0.286 e. The summed E-state index contributed by atoms with van der Waals surface area (Å²) in [6.45, 7) is 9.16. The highest BCUT2D eigenvalue weighted by Gasteiger charge is 2.46. The van der Waals surface area contributed by atoms with Crippen molar-refractivity contribution < 1.29 is 30.4 Å². The number of rotatable bonds is 12. The molecule has 1 aliphatic heterocycles. The number of amides is 2. The zero-order valence-corrected chi connectivity index (χ0v) is 16.6. The van der Waals surface area contributed by atoms with Crippen molar-refractivity contribution >= 4 is 38.7 Å². The Balaban J connectivity index is 3.15. The molecule has 2 amide bonds. The Labute approximate surface area is 159 Å². The number of urea groups is 1. The minimum absolute atomic E-state index is 0.125. The van der Waals surface area contributed by atoms with Crippen LogP contribution in [0.2, 0.25) is 0 Å². The molecule has 1 aliphatic rings. The van der Waals surface area contributed by atoms with Gasteiger partial charge in [0, 0.05) is 0 Å². The molecule has 0 saturated carbocycles. The van der Waals surface area contributed by atoms with Gasteiger partial charge in [0.2, 0.25) is 0 Å². The molecule has 1 rings (SSSR count). The topological polar surface area (TPSA) is 145 Å². The van der Waals surface area contributed by atoms with Gasteiger partial charge in [0.05, 0.1) is 24.1 Å². The first kappa shape index (κ1) is 23.3. The molecule has 0 aromatic rings. The third-order valence-corrected chi connectivity index (χ3v) is 6.16. The summed E-state index contributed by atoms with van der Waals surface area (Å²) in [6.07, 6.45) is 6.45. The molecule has 2 N–H and O–H groups in total. The van der Waals surface area contributed by atoms with Gasteiger partial charge in [-0.2, -0.15) is 21.3 Å². The largest absolute Gasteiger partial charge is 0.554 e. The quantitative estimate of drug-likeness (QED) is 0.214. The van der Waals surface area contributed by atoms with E-state index < -0.39 is 37.3 Å². The number of unbranched alkanes of at least 4 members (excludes halogenated alkanes) is 1. The molecule has 3 atom stereocenters. The van der Waals surface area contributed by atoms with Crippen molar-refractivity contribution in [2.45, 2.75) is 31.6 Å². The highest BCUT2D eigenvalue weighted by Crippen LogP contribution is 2.35. The molecule has 0 aliphatic carbocycles. The van der Waals surface area contributed by atoms with Crippen molar-refractivity contribution in [3.05, 3.63) is 25.3 Å². The van der Waals surface area contributed by atoms with Gasteiger partial charge in [-0.25, -0.2) is 0 Å². The molecule has 152 valence electrons. The van der Waals surface area contributed by atoms with Crippen LogP contribution in [-0.4, -0.2) is 55.6 Å². The van der Waals surface area contributed by atoms with Crippen LogP contribution in [0.5, 0.6) is 0 Å². The van der Waals surface area contributed by atoms with Crippen LogP contribution in [0, 0.1) is 17.8 Å². The van der Waals surface area contributed by atoms with Gasteiger partial charge in [-0.1, -0.05) is 25.5 Å². The van der Waals surface area contributed by atoms with Crippen molar-refractivity contribution in [3.63, 3.8) is 0 Å². The van der Waals surface area contributed by atoms with E-state index in [1.807, 2.05) is 0 Å². The molecule has 27 heavy (non-hydrogen) atoms. The first-order chi connectivity index (χ1) is 12.5. The van der Waals surface area contributed by atoms with Gasteiger partial charge in [-0.15, -0.1) is 23.1 Å². The molecule has 0 saturated heterocycles. The summed E-state index contributed by atoms with van der Waals surface area (Å²) in [7, 11) is -8.75. The predicted octanol–water partition coefficient (Wildman–Crippen LogP) is 2.31. The zero-order chi connectivity index (χ0) is 20.7. The fourth-order valence-corrected chi connectivity index (χ4v) is 4.49. The molecule has 0 aromatic heterocycles. The van der Waals surface area contributed by atoms with E-state index in [0.717, 1.165) is 0 Å². The van der Waals surface area contributed by atoms with Crippen LogP contribution in [0.4, 0.5) is 4.42 Å². The van der Waals surface area contributed by atoms with E-state index in [1.165, 1.54) is 12.4 Å². The van der Waals surface area contributed by atoms with Crippen LogP contribution in [0.15, 0.2) is 35.3 Å². The van der Waals surface area contributed by atoms with Gasteiger partial charge in [-0.05, 0) is 24.7 Å². The fraction of sp³-hybridized carbons (Fsp3) is 0.562. The summed E-state index contributed by atoms with van der Waals surface area (Å²) >= 11 is 0. The first-order valence-electron chi connectivity index (χ1n) is 8.26. The zero-order valence-electron chi connectivity index (χ0n) is 15.0. The predicted molar refractivity (Wildman–Crippen MR) is 105 cm³/mol. The molecule has 0 spiro atoms. The van der Waals surface area contributed by atoms with E-state index in [0.29, 0.717) is 0 Å². The Kier molecular flexibility index (Phi) is 8.66. The Bertz CT molecular complexity index is 807. The average molecular weight is 422 g/mol. The molecule has 0 radical (unpaired) electrons. The Morgan fingerprint density at radius 2 is 1.67 bits per heavy atom. The van der Waals surface area contributed by atoms with Crippen molar-refractivity contribution in [1.82, 2.24) is 0 Å². The average Bonchev–Trinajstić information content (AvgIpc) is 3.05. The van der Waals surface area contributed by atoms with Gasteiger partial charge in [0.15, 0.2) is 0 Å². The Morgan fingerprint density at radius 1 is 1.11 bits per heavy atom. The molecule has 9 nitrogen and oxygen atoms in total. The van der Waals surface area contributed by atoms with Crippen LogP contribution < -0.4 is 0 Å².